The van der Waals surface area contributed by atoms with Gasteiger partial charge in [0.15, 0.2) is 11.5 Å². The van der Waals surface area contributed by atoms with Gasteiger partial charge in [-0.2, -0.15) is 0 Å². The number of rotatable bonds is 5. The molecule has 2 N–H and O–H groups in total. The van der Waals surface area contributed by atoms with E-state index in [1.54, 1.807) is 0 Å². The lowest BCUT2D eigenvalue weighted by molar-refractivity contribution is 0.166. The second-order valence-electron chi connectivity index (χ2n) is 5.00. The minimum absolute atomic E-state index is 0.495. The summed E-state index contributed by atoms with van der Waals surface area (Å²) < 4.78 is 11.2. The molecule has 0 aliphatic carbocycles. The van der Waals surface area contributed by atoms with Gasteiger partial charge in [-0.3, -0.25) is 0 Å². The highest BCUT2D eigenvalue weighted by atomic mass is 16.6. The topological polar surface area (TPSA) is 50.7 Å². The molecule has 4 nitrogen and oxygen atoms in total. The predicted molar refractivity (Wildman–Crippen MR) is 80.5 cm³/mol. The average Bonchev–Trinajstić information content (AvgIpc) is 2.56. The van der Waals surface area contributed by atoms with Crippen molar-refractivity contribution in [3.05, 3.63) is 59.7 Å². The number of aliphatic hydroxyl groups is 1. The molecular formula is C17H19NO3. The summed E-state index contributed by atoms with van der Waals surface area (Å²) in [5, 5.41) is 13.4. The SMILES string of the molecule is OC(CNCc1cccc2c1OCCO2)c1ccccc1. The number of ether oxygens (including phenoxy) is 2. The lowest BCUT2D eigenvalue weighted by Gasteiger charge is -2.21. The molecule has 3 rings (SSSR count). The van der Waals surface area contributed by atoms with Crippen LogP contribution in [0.1, 0.15) is 17.2 Å². The monoisotopic (exact) mass is 285 g/mol. The summed E-state index contributed by atoms with van der Waals surface area (Å²) in [5.41, 5.74) is 1.96. The van der Waals surface area contributed by atoms with Gasteiger partial charge >= 0.3 is 0 Å². The fraction of sp³-hybridized carbons (Fsp3) is 0.294. The third-order valence-corrected chi connectivity index (χ3v) is 3.49. The van der Waals surface area contributed by atoms with E-state index in [0.717, 1.165) is 22.6 Å². The first kappa shape index (κ1) is 13.9. The number of aliphatic hydroxyl groups excluding tert-OH is 1. The van der Waals surface area contributed by atoms with Crippen molar-refractivity contribution in [1.82, 2.24) is 5.32 Å². The Balaban J connectivity index is 1.59. The molecule has 0 radical (unpaired) electrons. The van der Waals surface area contributed by atoms with Gasteiger partial charge in [0.2, 0.25) is 0 Å². The summed E-state index contributed by atoms with van der Waals surface area (Å²) >= 11 is 0. The van der Waals surface area contributed by atoms with E-state index in [4.69, 9.17) is 9.47 Å². The van der Waals surface area contributed by atoms with E-state index in [-0.39, 0.29) is 0 Å². The highest BCUT2D eigenvalue weighted by Gasteiger charge is 2.15. The normalized spacial score (nSPS) is 14.7. The fourth-order valence-corrected chi connectivity index (χ4v) is 2.41. The van der Waals surface area contributed by atoms with E-state index < -0.39 is 6.10 Å². The van der Waals surface area contributed by atoms with Crippen molar-refractivity contribution in [2.75, 3.05) is 19.8 Å². The first-order chi connectivity index (χ1) is 10.3. The second-order valence-corrected chi connectivity index (χ2v) is 5.00. The van der Waals surface area contributed by atoms with Gasteiger partial charge < -0.3 is 19.9 Å². The van der Waals surface area contributed by atoms with E-state index in [1.807, 2.05) is 48.5 Å². The molecule has 1 aliphatic heterocycles. The summed E-state index contributed by atoms with van der Waals surface area (Å²) in [6.45, 7) is 2.30. The molecular weight excluding hydrogens is 266 g/mol. The van der Waals surface area contributed by atoms with Crippen molar-refractivity contribution in [2.45, 2.75) is 12.6 Å². The van der Waals surface area contributed by atoms with E-state index >= 15 is 0 Å². The highest BCUT2D eigenvalue weighted by molar-refractivity contribution is 5.47. The summed E-state index contributed by atoms with van der Waals surface area (Å²) in [5.74, 6) is 1.61. The zero-order valence-corrected chi connectivity index (χ0v) is 11.8. The Kier molecular flexibility index (Phi) is 4.38. The average molecular weight is 285 g/mol. The van der Waals surface area contributed by atoms with E-state index in [2.05, 4.69) is 5.32 Å². The summed E-state index contributed by atoms with van der Waals surface area (Å²) in [6, 6.07) is 15.5. The molecule has 1 aliphatic rings. The number of nitrogens with one attached hydrogen (secondary N) is 1. The van der Waals surface area contributed by atoms with Crippen LogP contribution in [0.25, 0.3) is 0 Å². The molecule has 1 heterocycles. The molecule has 0 saturated heterocycles. The summed E-state index contributed by atoms with van der Waals surface area (Å²) in [4.78, 5) is 0. The van der Waals surface area contributed by atoms with Gasteiger partial charge in [-0.1, -0.05) is 42.5 Å². The van der Waals surface area contributed by atoms with Gasteiger partial charge in [0.1, 0.15) is 13.2 Å². The quantitative estimate of drug-likeness (QED) is 0.885. The lowest BCUT2D eigenvalue weighted by Crippen LogP contribution is -2.23. The van der Waals surface area contributed by atoms with Gasteiger partial charge in [-0.25, -0.2) is 0 Å². The van der Waals surface area contributed by atoms with Crippen LogP contribution >= 0.6 is 0 Å². The molecule has 0 fully saturated rings. The minimum Gasteiger partial charge on any atom is -0.486 e. The van der Waals surface area contributed by atoms with Gasteiger partial charge in [-0.15, -0.1) is 0 Å². The molecule has 1 unspecified atom stereocenters. The Labute approximate surface area is 124 Å². The Bertz CT molecular complexity index is 586. The maximum Gasteiger partial charge on any atom is 0.165 e. The van der Waals surface area contributed by atoms with Crippen molar-refractivity contribution in [3.8, 4) is 11.5 Å². The molecule has 2 aromatic carbocycles. The largest absolute Gasteiger partial charge is 0.486 e. The van der Waals surface area contributed by atoms with Gasteiger partial charge in [-0.05, 0) is 11.6 Å². The van der Waals surface area contributed by atoms with Crippen LogP contribution in [0.15, 0.2) is 48.5 Å². The summed E-state index contributed by atoms with van der Waals surface area (Å²) in [7, 11) is 0. The first-order valence-corrected chi connectivity index (χ1v) is 7.16. The van der Waals surface area contributed by atoms with Crippen molar-refractivity contribution in [1.29, 1.82) is 0 Å². The van der Waals surface area contributed by atoms with Crippen molar-refractivity contribution in [3.63, 3.8) is 0 Å². The van der Waals surface area contributed by atoms with Crippen LogP contribution in [-0.2, 0) is 6.54 Å². The van der Waals surface area contributed by atoms with Gasteiger partial charge in [0.25, 0.3) is 0 Å². The molecule has 2 aromatic rings. The Morgan fingerprint density at radius 1 is 1.00 bits per heavy atom. The van der Waals surface area contributed by atoms with Crippen molar-refractivity contribution < 1.29 is 14.6 Å². The van der Waals surface area contributed by atoms with E-state index in [9.17, 15) is 5.11 Å². The first-order valence-electron chi connectivity index (χ1n) is 7.16. The second kappa shape index (κ2) is 6.61. The predicted octanol–water partition coefficient (Wildman–Crippen LogP) is 2.28. The molecule has 0 aromatic heterocycles. The molecule has 0 spiro atoms. The Morgan fingerprint density at radius 2 is 1.81 bits per heavy atom. The van der Waals surface area contributed by atoms with Crippen LogP contribution in [0, 0.1) is 0 Å². The molecule has 110 valence electrons. The highest BCUT2D eigenvalue weighted by Crippen LogP contribution is 2.33. The Hall–Kier alpha value is -2.04. The standard InChI is InChI=1S/C17H19NO3/c19-15(13-5-2-1-3-6-13)12-18-11-14-7-4-8-16-17(14)21-10-9-20-16/h1-8,15,18-19H,9-12H2. The van der Waals surface area contributed by atoms with Crippen LogP contribution in [0.4, 0.5) is 0 Å². The van der Waals surface area contributed by atoms with Crippen LogP contribution < -0.4 is 14.8 Å². The number of hydrogen-bond donors (Lipinski definition) is 2. The van der Waals surface area contributed by atoms with Crippen LogP contribution in [0.3, 0.4) is 0 Å². The minimum atomic E-state index is -0.511. The van der Waals surface area contributed by atoms with E-state index in [1.165, 1.54) is 0 Å². The molecule has 4 heteroatoms. The van der Waals surface area contributed by atoms with Crippen molar-refractivity contribution in [2.24, 2.45) is 0 Å². The smallest absolute Gasteiger partial charge is 0.165 e. The number of benzene rings is 2. The third kappa shape index (κ3) is 3.35. The number of hydrogen-bond acceptors (Lipinski definition) is 4. The lowest BCUT2D eigenvalue weighted by atomic mass is 10.1. The zero-order chi connectivity index (χ0) is 14.5. The van der Waals surface area contributed by atoms with Gasteiger partial charge in [0, 0.05) is 18.7 Å². The van der Waals surface area contributed by atoms with Crippen LogP contribution in [0.5, 0.6) is 11.5 Å². The zero-order valence-electron chi connectivity index (χ0n) is 11.8. The maximum atomic E-state index is 10.1. The van der Waals surface area contributed by atoms with Gasteiger partial charge in [0.05, 0.1) is 6.10 Å². The maximum absolute atomic E-state index is 10.1. The fourth-order valence-electron chi connectivity index (χ4n) is 2.41. The van der Waals surface area contributed by atoms with Crippen LogP contribution in [-0.4, -0.2) is 24.9 Å². The third-order valence-electron chi connectivity index (χ3n) is 3.49. The van der Waals surface area contributed by atoms with E-state index in [0.29, 0.717) is 26.3 Å². The molecule has 21 heavy (non-hydrogen) atoms. The molecule has 0 saturated carbocycles. The molecule has 0 bridgehead atoms. The molecule has 0 amide bonds. The Morgan fingerprint density at radius 3 is 2.67 bits per heavy atom. The number of para-hydroxylation sites is 1. The number of fused-ring (bicyclic) bond motifs is 1. The summed E-state index contributed by atoms with van der Waals surface area (Å²) in [6.07, 6.45) is -0.511. The molecule has 1 atom stereocenters. The van der Waals surface area contributed by atoms with Crippen molar-refractivity contribution >= 4 is 0 Å². The van der Waals surface area contributed by atoms with Crippen LogP contribution in [0.2, 0.25) is 0 Å².